The Balaban J connectivity index is 2.28. The van der Waals surface area contributed by atoms with Gasteiger partial charge in [-0.3, -0.25) is 9.59 Å². The number of hydrogen-bond donors (Lipinski definition) is 1. The van der Waals surface area contributed by atoms with E-state index in [0.29, 0.717) is 19.6 Å². The van der Waals surface area contributed by atoms with Crippen molar-refractivity contribution < 1.29 is 14.0 Å². The third kappa shape index (κ3) is 5.88. The van der Waals surface area contributed by atoms with Crippen LogP contribution in [0.1, 0.15) is 23.9 Å². The summed E-state index contributed by atoms with van der Waals surface area (Å²) < 4.78 is 4.99. The molecule has 1 N–H and O–H groups in total. The Labute approximate surface area is 119 Å². The van der Waals surface area contributed by atoms with Gasteiger partial charge in [-0.1, -0.05) is 0 Å². The molecule has 112 valence electrons. The minimum absolute atomic E-state index is 0.0241. The first-order valence-corrected chi connectivity index (χ1v) is 6.72. The van der Waals surface area contributed by atoms with E-state index in [-0.39, 0.29) is 17.6 Å². The molecule has 0 radical (unpaired) electrons. The van der Waals surface area contributed by atoms with Crippen LogP contribution in [0.25, 0.3) is 0 Å². The van der Waals surface area contributed by atoms with Crippen molar-refractivity contribution in [2.75, 3.05) is 40.3 Å². The van der Waals surface area contributed by atoms with Gasteiger partial charge in [0.1, 0.15) is 0 Å². The number of nitrogens with one attached hydrogen (secondary N) is 1. The van der Waals surface area contributed by atoms with Crippen molar-refractivity contribution in [3.8, 4) is 0 Å². The predicted octanol–water partition coefficient (Wildman–Crippen LogP) is 0.810. The van der Waals surface area contributed by atoms with Crippen molar-refractivity contribution in [2.45, 2.75) is 13.3 Å². The number of nitrogens with zero attached hydrogens (tertiary/aromatic N) is 2. The van der Waals surface area contributed by atoms with Gasteiger partial charge in [0.25, 0.3) is 5.91 Å². The van der Waals surface area contributed by atoms with Crippen LogP contribution >= 0.6 is 0 Å². The molecule has 0 unspecified atom stereocenters. The van der Waals surface area contributed by atoms with Crippen LogP contribution in [0.4, 0.5) is 0 Å². The summed E-state index contributed by atoms with van der Waals surface area (Å²) in [5.74, 6) is 0.0507. The average molecular weight is 281 g/mol. The first kappa shape index (κ1) is 16.2. The van der Waals surface area contributed by atoms with Gasteiger partial charge in [-0.05, 0) is 39.2 Å². The summed E-state index contributed by atoms with van der Waals surface area (Å²) in [5, 5.41) is 2.73. The van der Waals surface area contributed by atoms with E-state index in [1.807, 2.05) is 14.1 Å². The molecule has 1 heterocycles. The van der Waals surface area contributed by atoms with Crippen molar-refractivity contribution in [3.05, 3.63) is 24.2 Å². The molecule has 0 aliphatic carbocycles. The van der Waals surface area contributed by atoms with E-state index in [2.05, 4.69) is 10.2 Å². The van der Waals surface area contributed by atoms with Crippen molar-refractivity contribution in [1.29, 1.82) is 0 Å². The van der Waals surface area contributed by atoms with E-state index in [0.717, 1.165) is 13.0 Å². The highest BCUT2D eigenvalue weighted by molar-refractivity contribution is 5.91. The quantitative estimate of drug-likeness (QED) is 0.766. The Morgan fingerprint density at radius 2 is 2.00 bits per heavy atom. The first-order chi connectivity index (χ1) is 9.50. The maximum absolute atomic E-state index is 11.6. The largest absolute Gasteiger partial charge is 0.459 e. The normalized spacial score (nSPS) is 10.6. The van der Waals surface area contributed by atoms with E-state index in [1.54, 1.807) is 24.0 Å². The van der Waals surface area contributed by atoms with Crippen molar-refractivity contribution in [1.82, 2.24) is 15.1 Å². The number of carbonyl (C=O) groups excluding carboxylic acids is 2. The van der Waals surface area contributed by atoms with E-state index in [9.17, 15) is 9.59 Å². The minimum atomic E-state index is -0.258. The molecular weight excluding hydrogens is 258 g/mol. The molecule has 0 aliphatic rings. The van der Waals surface area contributed by atoms with Gasteiger partial charge in [0.05, 0.1) is 6.26 Å². The lowest BCUT2D eigenvalue weighted by Gasteiger charge is -2.22. The third-order valence-electron chi connectivity index (χ3n) is 2.89. The fourth-order valence-corrected chi connectivity index (χ4v) is 1.80. The molecule has 2 amide bonds. The van der Waals surface area contributed by atoms with E-state index in [1.165, 1.54) is 6.26 Å². The smallest absolute Gasteiger partial charge is 0.287 e. The van der Waals surface area contributed by atoms with Gasteiger partial charge in [-0.15, -0.1) is 0 Å². The van der Waals surface area contributed by atoms with Gasteiger partial charge >= 0.3 is 0 Å². The van der Waals surface area contributed by atoms with Crippen molar-refractivity contribution in [3.63, 3.8) is 0 Å². The number of rotatable bonds is 8. The molecule has 1 aromatic rings. The third-order valence-corrected chi connectivity index (χ3v) is 2.89. The maximum Gasteiger partial charge on any atom is 0.287 e. The summed E-state index contributed by atoms with van der Waals surface area (Å²) in [6.45, 7) is 4.10. The van der Waals surface area contributed by atoms with Crippen LogP contribution in [-0.4, -0.2) is 61.9 Å². The first-order valence-electron chi connectivity index (χ1n) is 6.72. The van der Waals surface area contributed by atoms with Crippen LogP contribution in [0.3, 0.4) is 0 Å². The lowest BCUT2D eigenvalue weighted by molar-refractivity contribution is -0.128. The molecule has 0 spiro atoms. The molecule has 0 atom stereocenters. The zero-order valence-corrected chi connectivity index (χ0v) is 12.4. The molecule has 1 rings (SSSR count). The average Bonchev–Trinajstić information content (AvgIpc) is 2.89. The van der Waals surface area contributed by atoms with Gasteiger partial charge in [0.15, 0.2) is 5.76 Å². The fourth-order valence-electron chi connectivity index (χ4n) is 1.80. The summed E-state index contributed by atoms with van der Waals surface area (Å²) in [4.78, 5) is 27.0. The molecule has 0 saturated carbocycles. The zero-order valence-electron chi connectivity index (χ0n) is 12.4. The maximum atomic E-state index is 11.6. The predicted molar refractivity (Wildman–Crippen MR) is 76.5 cm³/mol. The fraction of sp³-hybridized carbons (Fsp3) is 0.571. The Kier molecular flexibility index (Phi) is 6.79. The summed E-state index contributed by atoms with van der Waals surface area (Å²) in [7, 11) is 4.00. The van der Waals surface area contributed by atoms with Gasteiger partial charge in [0.2, 0.25) is 5.91 Å². The minimum Gasteiger partial charge on any atom is -0.459 e. The van der Waals surface area contributed by atoms with Gasteiger partial charge in [-0.25, -0.2) is 0 Å². The summed E-state index contributed by atoms with van der Waals surface area (Å²) in [6, 6.07) is 3.27. The van der Waals surface area contributed by atoms with Crippen LogP contribution in [0.15, 0.2) is 22.8 Å². The second-order valence-corrected chi connectivity index (χ2v) is 4.90. The van der Waals surface area contributed by atoms with Crippen molar-refractivity contribution in [2.24, 2.45) is 0 Å². The van der Waals surface area contributed by atoms with E-state index >= 15 is 0 Å². The van der Waals surface area contributed by atoms with Gasteiger partial charge in [-0.2, -0.15) is 0 Å². The highest BCUT2D eigenvalue weighted by Crippen LogP contribution is 1.99. The molecule has 0 aliphatic heterocycles. The van der Waals surface area contributed by atoms with Gasteiger partial charge in [0, 0.05) is 26.6 Å². The molecule has 1 aromatic heterocycles. The molecule has 0 aromatic carbocycles. The summed E-state index contributed by atoms with van der Waals surface area (Å²) in [6.07, 6.45) is 2.37. The highest BCUT2D eigenvalue weighted by atomic mass is 16.3. The zero-order chi connectivity index (χ0) is 15.0. The van der Waals surface area contributed by atoms with Crippen LogP contribution in [-0.2, 0) is 4.79 Å². The lowest BCUT2D eigenvalue weighted by Crippen LogP contribution is -2.38. The SMILES string of the molecule is CC(=O)N(CCCN(C)C)CCNC(=O)c1ccco1. The van der Waals surface area contributed by atoms with E-state index < -0.39 is 0 Å². The monoisotopic (exact) mass is 281 g/mol. The Bertz CT molecular complexity index is 415. The molecule has 6 nitrogen and oxygen atoms in total. The van der Waals surface area contributed by atoms with Crippen LogP contribution in [0, 0.1) is 0 Å². The second-order valence-electron chi connectivity index (χ2n) is 4.90. The van der Waals surface area contributed by atoms with Crippen LogP contribution in [0.5, 0.6) is 0 Å². The Morgan fingerprint density at radius 1 is 1.25 bits per heavy atom. The standard InChI is InChI=1S/C14H23N3O3/c1-12(18)17(9-5-8-16(2)3)10-7-15-14(19)13-6-4-11-20-13/h4,6,11H,5,7-10H2,1-3H3,(H,15,19). The molecule has 0 fully saturated rings. The van der Waals surface area contributed by atoms with Crippen LogP contribution in [0.2, 0.25) is 0 Å². The number of furan rings is 1. The number of carbonyl (C=O) groups is 2. The summed E-state index contributed by atoms with van der Waals surface area (Å²) in [5.41, 5.74) is 0. The van der Waals surface area contributed by atoms with Crippen LogP contribution < -0.4 is 5.32 Å². The molecule has 6 heteroatoms. The Hall–Kier alpha value is -1.82. The second kappa shape index (κ2) is 8.37. The molecule has 0 saturated heterocycles. The van der Waals surface area contributed by atoms with Crippen molar-refractivity contribution >= 4 is 11.8 Å². The number of hydrogen-bond acceptors (Lipinski definition) is 4. The highest BCUT2D eigenvalue weighted by Gasteiger charge is 2.11. The topological polar surface area (TPSA) is 65.8 Å². The van der Waals surface area contributed by atoms with E-state index in [4.69, 9.17) is 4.42 Å². The molecule has 20 heavy (non-hydrogen) atoms. The Morgan fingerprint density at radius 3 is 2.55 bits per heavy atom. The molecular formula is C14H23N3O3. The van der Waals surface area contributed by atoms with Gasteiger partial charge < -0.3 is 19.5 Å². The number of amides is 2. The lowest BCUT2D eigenvalue weighted by atomic mass is 10.3. The molecule has 0 bridgehead atoms. The summed E-state index contributed by atoms with van der Waals surface area (Å²) >= 11 is 0.